The Morgan fingerprint density at radius 1 is 0.894 bits per heavy atom. The minimum absolute atomic E-state index is 0.00205. The Kier molecular flexibility index (Phi) is 13.7. The first-order valence-electron chi connectivity index (χ1n) is 21.4. The monoisotopic (exact) mass is 961 g/mol. The Morgan fingerprint density at radius 3 is 2.33 bits per heavy atom. The SMILES string of the molecule is Cn1c(=O)n(C2CCC(=O)NC2=O)c2ccc(C3CCN(CC(=O)Nc4cccc(CS(=O)(=O)N5CCC(Nc6cccc(-c7sc(C(=O)O)c(OCC(=O)O)c7Cl)c6)CC5)c4)CC3)cc21. The molecule has 3 aliphatic heterocycles. The highest BCUT2D eigenvalue weighted by Crippen LogP contribution is 2.46. The molecule has 5 aromatic rings. The van der Waals surface area contributed by atoms with Crippen LogP contribution in [0.1, 0.15) is 71.3 Å². The van der Waals surface area contributed by atoms with E-state index in [0.717, 1.165) is 35.4 Å². The van der Waals surface area contributed by atoms with Crippen molar-refractivity contribution in [1.29, 1.82) is 0 Å². The topological polar surface area (TPSA) is 239 Å². The van der Waals surface area contributed by atoms with Gasteiger partial charge in [-0.25, -0.2) is 27.1 Å². The van der Waals surface area contributed by atoms with Crippen LogP contribution in [0.4, 0.5) is 11.4 Å². The number of aryl methyl sites for hydroxylation is 1. The number of carboxylic acids is 2. The Labute approximate surface area is 388 Å². The summed E-state index contributed by atoms with van der Waals surface area (Å²) < 4.78 is 36.9. The van der Waals surface area contributed by atoms with Crippen LogP contribution in [0.2, 0.25) is 5.02 Å². The van der Waals surface area contributed by atoms with Crippen LogP contribution in [0.25, 0.3) is 21.5 Å². The van der Waals surface area contributed by atoms with Crippen molar-refractivity contribution in [3.63, 3.8) is 0 Å². The normalized spacial score (nSPS) is 18.0. The molecule has 3 amide bonds. The molecule has 66 heavy (non-hydrogen) atoms. The third-order valence-corrected chi connectivity index (χ3v) is 15.8. The Morgan fingerprint density at radius 2 is 1.62 bits per heavy atom. The predicted molar refractivity (Wildman–Crippen MR) is 248 cm³/mol. The van der Waals surface area contributed by atoms with E-state index in [2.05, 4.69) is 20.9 Å². The van der Waals surface area contributed by atoms with Gasteiger partial charge in [0, 0.05) is 44.0 Å². The zero-order valence-corrected chi connectivity index (χ0v) is 38.2. The number of sulfonamides is 1. The van der Waals surface area contributed by atoms with Crippen molar-refractivity contribution in [3.8, 4) is 16.2 Å². The van der Waals surface area contributed by atoms with E-state index < -0.39 is 40.5 Å². The number of carbonyl (C=O) groups is 5. The number of rotatable bonds is 15. The molecule has 1 unspecified atom stereocenters. The molecule has 21 heteroatoms. The second-order valence-corrected chi connectivity index (χ2v) is 20.1. The zero-order chi connectivity index (χ0) is 46.9. The van der Waals surface area contributed by atoms with Gasteiger partial charge in [-0.15, -0.1) is 11.3 Å². The number of carboxylic acid groups (broad SMARTS) is 2. The fourth-order valence-corrected chi connectivity index (χ4v) is 11.9. The lowest BCUT2D eigenvalue weighted by atomic mass is 9.89. The fraction of sp³-hybridized carbons (Fsp3) is 0.378. The number of likely N-dealkylation sites (tertiary alicyclic amines) is 1. The predicted octanol–water partition coefficient (Wildman–Crippen LogP) is 5.09. The van der Waals surface area contributed by atoms with Crippen LogP contribution in [0.3, 0.4) is 0 Å². The van der Waals surface area contributed by atoms with Crippen LogP contribution in [0.5, 0.6) is 5.75 Å². The third kappa shape index (κ3) is 10.2. The maximum absolute atomic E-state index is 13.6. The minimum Gasteiger partial charge on any atom is -0.479 e. The summed E-state index contributed by atoms with van der Waals surface area (Å²) in [6.07, 6.45) is 3.09. The van der Waals surface area contributed by atoms with E-state index in [1.165, 1.54) is 13.4 Å². The van der Waals surface area contributed by atoms with Gasteiger partial charge in [0.1, 0.15) is 11.1 Å². The second-order valence-electron chi connectivity index (χ2n) is 16.8. The van der Waals surface area contributed by atoms with Crippen LogP contribution in [-0.2, 0) is 42.0 Å². The summed E-state index contributed by atoms with van der Waals surface area (Å²) in [4.78, 5) is 75.9. The summed E-state index contributed by atoms with van der Waals surface area (Å²) in [5.74, 6) is -3.82. The Balaban J connectivity index is 0.810. The van der Waals surface area contributed by atoms with Crippen LogP contribution in [-0.4, -0.2) is 112 Å². The first-order valence-corrected chi connectivity index (χ1v) is 24.3. The van der Waals surface area contributed by atoms with E-state index >= 15 is 0 Å². The zero-order valence-electron chi connectivity index (χ0n) is 35.8. The quantitative estimate of drug-likeness (QED) is 0.0862. The molecule has 0 spiro atoms. The number of fused-ring (bicyclic) bond motifs is 1. The molecule has 0 radical (unpaired) electrons. The highest BCUT2D eigenvalue weighted by atomic mass is 35.5. The lowest BCUT2D eigenvalue weighted by Crippen LogP contribution is -2.44. The van der Waals surface area contributed by atoms with Gasteiger partial charge in [0.25, 0.3) is 0 Å². The van der Waals surface area contributed by atoms with Gasteiger partial charge in [-0.05, 0) is 104 Å². The van der Waals surface area contributed by atoms with Crippen molar-refractivity contribution in [2.45, 2.75) is 62.3 Å². The molecule has 3 saturated heterocycles. The van der Waals surface area contributed by atoms with Crippen molar-refractivity contribution in [2.75, 3.05) is 50.0 Å². The van der Waals surface area contributed by atoms with Gasteiger partial charge in [0.2, 0.25) is 27.7 Å². The summed E-state index contributed by atoms with van der Waals surface area (Å²) in [5, 5.41) is 27.4. The average Bonchev–Trinajstić information content (AvgIpc) is 3.74. The number of aromatic carboxylic acids is 1. The first-order chi connectivity index (χ1) is 31.5. The molecule has 0 bridgehead atoms. The molecular formula is C45H48ClN7O11S2. The van der Waals surface area contributed by atoms with Crippen LogP contribution < -0.4 is 26.4 Å². The highest BCUT2D eigenvalue weighted by molar-refractivity contribution is 7.88. The number of imidazole rings is 1. The number of imide groups is 1. The molecule has 3 aromatic carbocycles. The Hall–Kier alpha value is -6.06. The number of nitrogens with zero attached hydrogens (tertiary/aromatic N) is 4. The number of hydrogen-bond acceptors (Lipinski definition) is 12. The summed E-state index contributed by atoms with van der Waals surface area (Å²) in [6, 6.07) is 19.1. The third-order valence-electron chi connectivity index (χ3n) is 12.3. The maximum atomic E-state index is 13.6. The number of aromatic nitrogens is 2. The molecule has 2 aromatic heterocycles. The number of carbonyl (C=O) groups excluding carboxylic acids is 3. The summed E-state index contributed by atoms with van der Waals surface area (Å²) in [6.45, 7) is 1.36. The van der Waals surface area contributed by atoms with Crippen LogP contribution in [0, 0.1) is 0 Å². The molecule has 0 saturated carbocycles. The number of amides is 3. The molecule has 3 fully saturated rings. The number of anilines is 2. The van der Waals surface area contributed by atoms with E-state index in [1.54, 1.807) is 49.5 Å². The van der Waals surface area contributed by atoms with E-state index in [9.17, 15) is 42.3 Å². The van der Waals surface area contributed by atoms with Crippen molar-refractivity contribution in [3.05, 3.63) is 98.2 Å². The molecule has 5 N–H and O–H groups in total. The molecule has 5 heterocycles. The number of nitrogens with one attached hydrogen (secondary N) is 3. The Bertz CT molecular complexity index is 2900. The second kappa shape index (κ2) is 19.4. The summed E-state index contributed by atoms with van der Waals surface area (Å²) >= 11 is 7.36. The van der Waals surface area contributed by atoms with E-state index in [0.29, 0.717) is 71.7 Å². The van der Waals surface area contributed by atoms with E-state index in [1.807, 2.05) is 24.3 Å². The molecule has 8 rings (SSSR count). The molecular weight excluding hydrogens is 914 g/mol. The summed E-state index contributed by atoms with van der Waals surface area (Å²) in [7, 11) is -2.01. The molecule has 0 aliphatic carbocycles. The number of piperidine rings is 3. The minimum atomic E-state index is -3.69. The van der Waals surface area contributed by atoms with Gasteiger partial charge < -0.3 is 25.6 Å². The summed E-state index contributed by atoms with van der Waals surface area (Å²) in [5.41, 5.74) is 4.48. The number of aliphatic carboxylic acids is 1. The van der Waals surface area contributed by atoms with Gasteiger partial charge in [-0.3, -0.25) is 33.7 Å². The van der Waals surface area contributed by atoms with Gasteiger partial charge in [-0.2, -0.15) is 0 Å². The van der Waals surface area contributed by atoms with Gasteiger partial charge in [-0.1, -0.05) is 41.9 Å². The van der Waals surface area contributed by atoms with Crippen LogP contribution in [0.15, 0.2) is 71.5 Å². The highest BCUT2D eigenvalue weighted by Gasteiger charge is 2.33. The van der Waals surface area contributed by atoms with Crippen molar-refractivity contribution in [2.24, 2.45) is 7.05 Å². The average molecular weight is 963 g/mol. The van der Waals surface area contributed by atoms with Gasteiger partial charge >= 0.3 is 17.6 Å². The van der Waals surface area contributed by atoms with Crippen molar-refractivity contribution >= 4 is 85.0 Å². The van der Waals surface area contributed by atoms with Crippen molar-refractivity contribution in [1.82, 2.24) is 23.7 Å². The number of hydrogen-bond donors (Lipinski definition) is 5. The number of thiophene rings is 1. The van der Waals surface area contributed by atoms with Gasteiger partial charge in [0.15, 0.2) is 17.2 Å². The molecule has 18 nitrogen and oxygen atoms in total. The van der Waals surface area contributed by atoms with Crippen LogP contribution >= 0.6 is 22.9 Å². The lowest BCUT2D eigenvalue weighted by Gasteiger charge is -2.32. The van der Waals surface area contributed by atoms with Gasteiger partial charge in [0.05, 0.1) is 28.2 Å². The first kappa shape index (κ1) is 46.5. The maximum Gasteiger partial charge on any atom is 0.349 e. The van der Waals surface area contributed by atoms with E-state index in [4.69, 9.17) is 21.4 Å². The number of ether oxygens (including phenoxy) is 1. The lowest BCUT2D eigenvalue weighted by molar-refractivity contribution is -0.139. The molecule has 1 atom stereocenters. The number of benzene rings is 3. The smallest absolute Gasteiger partial charge is 0.349 e. The van der Waals surface area contributed by atoms with E-state index in [-0.39, 0.29) is 70.3 Å². The molecule has 348 valence electrons. The van der Waals surface area contributed by atoms with Crippen molar-refractivity contribution < 1.29 is 47.3 Å². The number of halogens is 1. The fourth-order valence-electron chi connectivity index (χ4n) is 8.98. The standard InChI is InChI=1S/C45H48ClN7O11S2/c1-50-35-22-28(8-9-33(35)53(45(50)61)34-10-11-36(54)49-43(34)58)27-12-16-51(17-13-27)23-37(55)48-31-6-2-4-26(20-31)25-66(62,63)52-18-14-30(15-19-52)47-32-7-3-5-29(21-32)41-39(46)40(64-24-38(56)57)42(65-41)44(59)60/h2-9,20-22,27,30,34,47H,10-19,23-25H2,1H3,(H,48,55)(H,56,57)(H,59,60)(H,49,54,58). The molecule has 3 aliphatic rings. The largest absolute Gasteiger partial charge is 0.479 e.